The van der Waals surface area contributed by atoms with Crippen molar-refractivity contribution < 1.29 is 19.4 Å². The van der Waals surface area contributed by atoms with Crippen LogP contribution in [0.1, 0.15) is 78.6 Å². The highest BCUT2D eigenvalue weighted by molar-refractivity contribution is 7.17. The van der Waals surface area contributed by atoms with E-state index in [1.54, 1.807) is 0 Å². The highest BCUT2D eigenvalue weighted by Crippen LogP contribution is 2.65. The van der Waals surface area contributed by atoms with Crippen LogP contribution < -0.4 is 10.6 Å². The zero-order valence-electron chi connectivity index (χ0n) is 18.0. The first kappa shape index (κ1) is 20.2. The van der Waals surface area contributed by atoms with Crippen molar-refractivity contribution >= 4 is 28.2 Å². The Morgan fingerprint density at radius 3 is 2.65 bits per heavy atom. The molecule has 31 heavy (non-hydrogen) atoms. The molecule has 1 aromatic rings. The molecule has 6 aliphatic rings. The zero-order valence-corrected chi connectivity index (χ0v) is 18.8. The van der Waals surface area contributed by atoms with E-state index in [4.69, 9.17) is 4.74 Å². The van der Waals surface area contributed by atoms with Crippen LogP contribution in [0.2, 0.25) is 0 Å². The minimum atomic E-state index is -0.489. The predicted octanol–water partition coefficient (Wildman–Crippen LogP) is 3.62. The molecule has 5 aliphatic carbocycles. The molecular formula is C24H32N2O4S. The average molecular weight is 445 g/mol. The van der Waals surface area contributed by atoms with Crippen molar-refractivity contribution in [2.45, 2.75) is 83.0 Å². The molecule has 7 heteroatoms. The van der Waals surface area contributed by atoms with Crippen LogP contribution in [0.4, 0.5) is 5.00 Å². The van der Waals surface area contributed by atoms with Gasteiger partial charge >= 0.3 is 0 Å². The topological polar surface area (TPSA) is 87.7 Å². The molecule has 0 radical (unpaired) electrons. The molecule has 168 valence electrons. The fourth-order valence-electron chi connectivity index (χ4n) is 7.48. The number of aliphatic hydroxyl groups excluding tert-OH is 1. The fourth-order valence-corrected chi connectivity index (χ4v) is 8.65. The quantitative estimate of drug-likeness (QED) is 0.662. The molecule has 4 bridgehead atoms. The highest BCUT2D eigenvalue weighted by Gasteiger charge is 2.61. The molecule has 2 heterocycles. The molecule has 5 fully saturated rings. The van der Waals surface area contributed by atoms with Crippen LogP contribution in [0, 0.1) is 23.2 Å². The van der Waals surface area contributed by atoms with Gasteiger partial charge in [-0.05, 0) is 74.7 Å². The number of aliphatic hydroxyl groups is 1. The molecule has 0 aromatic carbocycles. The lowest BCUT2D eigenvalue weighted by molar-refractivity contribution is -0.127. The number of rotatable bonds is 4. The Morgan fingerprint density at radius 2 is 1.87 bits per heavy atom. The van der Waals surface area contributed by atoms with Crippen LogP contribution in [-0.4, -0.2) is 35.7 Å². The van der Waals surface area contributed by atoms with E-state index in [0.29, 0.717) is 48.0 Å². The smallest absolute Gasteiger partial charge is 0.254 e. The molecule has 2 amide bonds. The van der Waals surface area contributed by atoms with Crippen LogP contribution in [0.15, 0.2) is 0 Å². The van der Waals surface area contributed by atoms with Gasteiger partial charge in [-0.1, -0.05) is 12.8 Å². The number of anilines is 1. The van der Waals surface area contributed by atoms with Gasteiger partial charge < -0.3 is 20.5 Å². The van der Waals surface area contributed by atoms with Crippen LogP contribution in [0.5, 0.6) is 0 Å². The summed E-state index contributed by atoms with van der Waals surface area (Å²) in [6, 6.07) is -0.208. The monoisotopic (exact) mass is 444 g/mol. The van der Waals surface area contributed by atoms with E-state index in [0.717, 1.165) is 49.0 Å². The van der Waals surface area contributed by atoms with Crippen molar-refractivity contribution in [1.29, 1.82) is 0 Å². The van der Waals surface area contributed by atoms with Gasteiger partial charge in [0.2, 0.25) is 5.91 Å². The number of fused-ring (bicyclic) bond motifs is 1. The third-order valence-corrected chi connectivity index (χ3v) is 9.88. The van der Waals surface area contributed by atoms with E-state index < -0.39 is 6.10 Å². The lowest BCUT2D eigenvalue weighted by Gasteiger charge is -2.31. The standard InChI is InChI=1S/C24H32N2O4S/c27-18-4-2-1-3-17(18)25-21(28)20-16-5-6-30-12-19(16)31-22(20)26-23(29)24-10-13-7-14(11-24)9-15(24)8-13/h13-15,17-18,27H,1-12H2,(H,25,28)(H,26,29)/t13?,14?,15?,17-,18+,24?/m1/s1. The summed E-state index contributed by atoms with van der Waals surface area (Å²) in [6.07, 6.45) is 9.50. The largest absolute Gasteiger partial charge is 0.391 e. The highest BCUT2D eigenvalue weighted by atomic mass is 32.1. The summed E-state index contributed by atoms with van der Waals surface area (Å²) in [5.41, 5.74) is 1.41. The lowest BCUT2D eigenvalue weighted by Crippen LogP contribution is -2.45. The maximum atomic E-state index is 13.6. The van der Waals surface area contributed by atoms with Gasteiger partial charge in [-0.3, -0.25) is 9.59 Å². The van der Waals surface area contributed by atoms with Gasteiger partial charge in [-0.15, -0.1) is 11.3 Å². The molecule has 4 atom stereocenters. The Morgan fingerprint density at radius 1 is 1.10 bits per heavy atom. The van der Waals surface area contributed by atoms with Crippen molar-refractivity contribution in [3.63, 3.8) is 0 Å². The summed E-state index contributed by atoms with van der Waals surface area (Å²) in [5, 5.41) is 17.4. The molecule has 0 spiro atoms. The van der Waals surface area contributed by atoms with Gasteiger partial charge in [0.1, 0.15) is 5.00 Å². The fraction of sp³-hybridized carbons (Fsp3) is 0.750. The summed E-state index contributed by atoms with van der Waals surface area (Å²) in [4.78, 5) is 28.0. The van der Waals surface area contributed by atoms with E-state index >= 15 is 0 Å². The normalized spacial score (nSPS) is 38.2. The van der Waals surface area contributed by atoms with E-state index in [9.17, 15) is 14.7 Å². The Kier molecular flexibility index (Phi) is 4.92. The van der Waals surface area contributed by atoms with Crippen molar-refractivity contribution in [1.82, 2.24) is 5.32 Å². The maximum Gasteiger partial charge on any atom is 0.254 e. The summed E-state index contributed by atoms with van der Waals surface area (Å²) in [6.45, 7) is 1.10. The summed E-state index contributed by atoms with van der Waals surface area (Å²) < 4.78 is 5.63. The van der Waals surface area contributed by atoms with Crippen LogP contribution >= 0.6 is 11.3 Å². The van der Waals surface area contributed by atoms with Gasteiger partial charge in [-0.2, -0.15) is 0 Å². The van der Waals surface area contributed by atoms with Gasteiger partial charge in [0.25, 0.3) is 5.91 Å². The third-order valence-electron chi connectivity index (χ3n) is 8.76. The molecule has 6 nitrogen and oxygen atoms in total. The number of carbonyl (C=O) groups excluding carboxylic acids is 2. The van der Waals surface area contributed by atoms with E-state index in [2.05, 4.69) is 10.6 Å². The SMILES string of the molecule is O=C(N[C@@H]1CCCC[C@@H]1O)c1c(NC(=O)C23CC4CC(CC2C4)C3)sc2c1CCOC2. The molecule has 3 N–H and O–H groups in total. The molecule has 0 saturated heterocycles. The van der Waals surface area contributed by atoms with E-state index in [1.165, 1.54) is 30.6 Å². The first-order valence-electron chi connectivity index (χ1n) is 12.1. The minimum absolute atomic E-state index is 0.133. The number of carbonyl (C=O) groups is 2. The number of nitrogens with one attached hydrogen (secondary N) is 2. The number of hydrogen-bond acceptors (Lipinski definition) is 5. The van der Waals surface area contributed by atoms with Gasteiger partial charge in [-0.25, -0.2) is 0 Å². The summed E-state index contributed by atoms with van der Waals surface area (Å²) in [7, 11) is 0. The second-order valence-corrected chi connectivity index (χ2v) is 11.7. The maximum absolute atomic E-state index is 13.6. The summed E-state index contributed by atoms with van der Waals surface area (Å²) >= 11 is 1.50. The first-order valence-corrected chi connectivity index (χ1v) is 12.9. The Balaban J connectivity index is 1.28. The second kappa shape index (κ2) is 7.56. The van der Waals surface area contributed by atoms with Crippen LogP contribution in [0.3, 0.4) is 0 Å². The molecule has 1 aromatic heterocycles. The number of hydrogen-bond donors (Lipinski definition) is 3. The first-order chi connectivity index (χ1) is 15.0. The molecular weight excluding hydrogens is 412 g/mol. The molecule has 5 saturated carbocycles. The van der Waals surface area contributed by atoms with Gasteiger partial charge in [0, 0.05) is 4.88 Å². The minimum Gasteiger partial charge on any atom is -0.391 e. The van der Waals surface area contributed by atoms with Crippen LogP contribution in [0.25, 0.3) is 0 Å². The van der Waals surface area contributed by atoms with Crippen molar-refractivity contribution in [2.24, 2.45) is 23.2 Å². The van der Waals surface area contributed by atoms with Crippen molar-refractivity contribution in [3.05, 3.63) is 16.0 Å². The third kappa shape index (κ3) is 3.26. The zero-order chi connectivity index (χ0) is 21.2. The van der Waals surface area contributed by atoms with Crippen molar-refractivity contribution in [3.8, 4) is 0 Å². The van der Waals surface area contributed by atoms with Crippen LogP contribution in [-0.2, 0) is 22.6 Å². The molecule has 7 rings (SSSR count). The molecule has 1 aliphatic heterocycles. The Bertz CT molecular complexity index is 898. The van der Waals surface area contributed by atoms with Gasteiger partial charge in [0.15, 0.2) is 0 Å². The van der Waals surface area contributed by atoms with Crippen molar-refractivity contribution in [2.75, 3.05) is 11.9 Å². The van der Waals surface area contributed by atoms with E-state index in [1.807, 2.05) is 0 Å². The summed E-state index contributed by atoms with van der Waals surface area (Å²) in [5.74, 6) is 1.92. The average Bonchev–Trinajstić information content (AvgIpc) is 3.33. The number of amides is 2. The number of thiophene rings is 1. The second-order valence-electron chi connectivity index (χ2n) is 10.6. The Hall–Kier alpha value is -1.44. The number of ether oxygens (including phenoxy) is 1. The Labute approximate surface area is 187 Å². The molecule has 2 unspecified atom stereocenters. The predicted molar refractivity (Wildman–Crippen MR) is 118 cm³/mol. The lowest BCUT2D eigenvalue weighted by atomic mass is 9.75. The van der Waals surface area contributed by atoms with E-state index in [-0.39, 0.29) is 23.3 Å². The van der Waals surface area contributed by atoms with Gasteiger partial charge in [0.05, 0.1) is 36.3 Å².